The Labute approximate surface area is 97.4 Å². The first-order valence-electron chi connectivity index (χ1n) is 6.04. The van der Waals surface area contributed by atoms with Crippen LogP contribution in [0.2, 0.25) is 0 Å². The topological polar surface area (TPSA) is 58.6 Å². The van der Waals surface area contributed by atoms with Crippen molar-refractivity contribution >= 4 is 5.97 Å². The summed E-state index contributed by atoms with van der Waals surface area (Å²) in [5, 5.41) is 12.3. The monoisotopic (exact) mass is 229 g/mol. The van der Waals surface area contributed by atoms with Gasteiger partial charge in [0.1, 0.15) is 0 Å². The van der Waals surface area contributed by atoms with Crippen LogP contribution in [0.3, 0.4) is 0 Å². The molecule has 1 fully saturated rings. The molecule has 0 saturated carbocycles. The Hall–Kier alpha value is -0.610. The Balaban J connectivity index is 2.09. The van der Waals surface area contributed by atoms with Crippen LogP contribution in [-0.2, 0) is 9.53 Å². The van der Waals surface area contributed by atoms with Crippen LogP contribution in [0.4, 0.5) is 0 Å². The highest BCUT2D eigenvalue weighted by atomic mass is 16.5. The van der Waals surface area contributed by atoms with E-state index in [4.69, 9.17) is 9.84 Å². The fourth-order valence-electron chi connectivity index (χ4n) is 1.81. The molecule has 0 aliphatic carbocycles. The molecule has 1 aliphatic rings. The van der Waals surface area contributed by atoms with Crippen molar-refractivity contribution in [3.63, 3.8) is 0 Å². The number of piperidine rings is 1. The third-order valence-electron chi connectivity index (χ3n) is 3.11. The van der Waals surface area contributed by atoms with Crippen molar-refractivity contribution in [2.24, 2.45) is 11.3 Å². The second kappa shape index (κ2) is 6.21. The lowest BCUT2D eigenvalue weighted by Gasteiger charge is -2.23. The second-order valence-electron chi connectivity index (χ2n) is 5.24. The summed E-state index contributed by atoms with van der Waals surface area (Å²) in [6, 6.07) is 0. The molecule has 94 valence electrons. The normalized spacial score (nSPS) is 22.0. The molecular weight excluding hydrogens is 206 g/mol. The molecule has 0 amide bonds. The van der Waals surface area contributed by atoms with Crippen LogP contribution < -0.4 is 5.32 Å². The van der Waals surface area contributed by atoms with Crippen LogP contribution >= 0.6 is 0 Å². The van der Waals surface area contributed by atoms with Gasteiger partial charge in [-0.1, -0.05) is 0 Å². The highest BCUT2D eigenvalue weighted by molar-refractivity contribution is 5.73. The first kappa shape index (κ1) is 13.5. The quantitative estimate of drug-likeness (QED) is 0.678. The number of rotatable bonds is 6. The average molecular weight is 229 g/mol. The molecule has 0 aromatic heterocycles. The molecule has 1 heterocycles. The zero-order valence-corrected chi connectivity index (χ0v) is 10.3. The standard InChI is InChI=1S/C12H23NO3/c1-12(2,11(14)15)9-16-7-5-10-4-3-6-13-8-10/h10,13H,3-9H2,1-2H3,(H,14,15). The van der Waals surface area contributed by atoms with E-state index < -0.39 is 11.4 Å². The third kappa shape index (κ3) is 4.49. The maximum atomic E-state index is 10.8. The number of carbonyl (C=O) groups is 1. The first-order chi connectivity index (χ1) is 7.52. The SMILES string of the molecule is CC(C)(COCCC1CCCNC1)C(=O)O. The summed E-state index contributed by atoms with van der Waals surface area (Å²) in [5.41, 5.74) is -0.773. The molecular formula is C12H23NO3. The van der Waals surface area contributed by atoms with Crippen molar-refractivity contribution in [2.75, 3.05) is 26.3 Å². The van der Waals surface area contributed by atoms with Gasteiger partial charge in [-0.15, -0.1) is 0 Å². The Kier molecular flexibility index (Phi) is 5.22. The molecule has 4 heteroatoms. The number of hydrogen-bond donors (Lipinski definition) is 2. The van der Waals surface area contributed by atoms with Gasteiger partial charge in [0.2, 0.25) is 0 Å². The molecule has 16 heavy (non-hydrogen) atoms. The lowest BCUT2D eigenvalue weighted by atomic mass is 9.95. The van der Waals surface area contributed by atoms with Crippen LogP contribution in [0.25, 0.3) is 0 Å². The maximum Gasteiger partial charge on any atom is 0.311 e. The van der Waals surface area contributed by atoms with Crippen LogP contribution in [-0.4, -0.2) is 37.4 Å². The molecule has 0 radical (unpaired) electrons. The lowest BCUT2D eigenvalue weighted by Crippen LogP contribution is -2.32. The van der Waals surface area contributed by atoms with E-state index in [-0.39, 0.29) is 0 Å². The molecule has 1 saturated heterocycles. The van der Waals surface area contributed by atoms with Gasteiger partial charge >= 0.3 is 5.97 Å². The summed E-state index contributed by atoms with van der Waals surface area (Å²) in [5.74, 6) is -0.103. The third-order valence-corrected chi connectivity index (χ3v) is 3.11. The van der Waals surface area contributed by atoms with Gasteiger partial charge in [-0.25, -0.2) is 0 Å². The fraction of sp³-hybridized carbons (Fsp3) is 0.917. The van der Waals surface area contributed by atoms with Gasteiger partial charge in [0.25, 0.3) is 0 Å². The summed E-state index contributed by atoms with van der Waals surface area (Å²) in [4.78, 5) is 10.8. The number of nitrogens with one attached hydrogen (secondary N) is 1. The van der Waals surface area contributed by atoms with E-state index in [1.54, 1.807) is 13.8 Å². The van der Waals surface area contributed by atoms with Gasteiger partial charge in [0.15, 0.2) is 0 Å². The molecule has 0 aromatic rings. The van der Waals surface area contributed by atoms with Crippen LogP contribution in [0.1, 0.15) is 33.1 Å². The smallest absolute Gasteiger partial charge is 0.311 e. The number of ether oxygens (including phenoxy) is 1. The van der Waals surface area contributed by atoms with Gasteiger partial charge in [-0.2, -0.15) is 0 Å². The Bertz CT molecular complexity index is 222. The van der Waals surface area contributed by atoms with Crippen molar-refractivity contribution in [3.8, 4) is 0 Å². The Morgan fingerprint density at radius 1 is 1.56 bits per heavy atom. The van der Waals surface area contributed by atoms with E-state index in [2.05, 4.69) is 5.32 Å². The zero-order chi connectivity index (χ0) is 12.0. The van der Waals surface area contributed by atoms with E-state index in [1.807, 2.05) is 0 Å². The molecule has 0 spiro atoms. The van der Waals surface area contributed by atoms with Crippen molar-refractivity contribution < 1.29 is 14.6 Å². The van der Waals surface area contributed by atoms with Crippen molar-refractivity contribution in [1.82, 2.24) is 5.32 Å². The molecule has 0 aromatic carbocycles. The second-order valence-corrected chi connectivity index (χ2v) is 5.24. The number of carboxylic acid groups (broad SMARTS) is 1. The minimum atomic E-state index is -0.799. The highest BCUT2D eigenvalue weighted by Crippen LogP contribution is 2.17. The van der Waals surface area contributed by atoms with Gasteiger partial charge in [-0.3, -0.25) is 4.79 Å². The number of hydrogen-bond acceptors (Lipinski definition) is 3. The summed E-state index contributed by atoms with van der Waals surface area (Å²) in [6.07, 6.45) is 3.53. The average Bonchev–Trinajstić information content (AvgIpc) is 2.26. The van der Waals surface area contributed by atoms with E-state index >= 15 is 0 Å². The summed E-state index contributed by atoms with van der Waals surface area (Å²) in [6.45, 7) is 6.55. The molecule has 1 aliphatic heterocycles. The molecule has 1 rings (SSSR count). The molecule has 1 atom stereocenters. The van der Waals surface area contributed by atoms with Crippen molar-refractivity contribution in [1.29, 1.82) is 0 Å². The Morgan fingerprint density at radius 3 is 2.88 bits per heavy atom. The van der Waals surface area contributed by atoms with Crippen molar-refractivity contribution in [2.45, 2.75) is 33.1 Å². The number of aliphatic carboxylic acids is 1. The number of carboxylic acids is 1. The van der Waals surface area contributed by atoms with E-state index in [9.17, 15) is 4.79 Å². The minimum Gasteiger partial charge on any atom is -0.481 e. The summed E-state index contributed by atoms with van der Waals surface area (Å²) >= 11 is 0. The maximum absolute atomic E-state index is 10.8. The van der Waals surface area contributed by atoms with Gasteiger partial charge in [0.05, 0.1) is 12.0 Å². The lowest BCUT2D eigenvalue weighted by molar-refractivity contribution is -0.150. The molecule has 2 N–H and O–H groups in total. The Morgan fingerprint density at radius 2 is 2.31 bits per heavy atom. The molecule has 1 unspecified atom stereocenters. The largest absolute Gasteiger partial charge is 0.481 e. The summed E-state index contributed by atoms with van der Waals surface area (Å²) in [7, 11) is 0. The van der Waals surface area contributed by atoms with Gasteiger partial charge in [0, 0.05) is 6.61 Å². The predicted molar refractivity (Wildman–Crippen MR) is 62.4 cm³/mol. The minimum absolute atomic E-state index is 0.294. The van der Waals surface area contributed by atoms with E-state index in [1.165, 1.54) is 12.8 Å². The van der Waals surface area contributed by atoms with Crippen LogP contribution in [0, 0.1) is 11.3 Å². The van der Waals surface area contributed by atoms with Crippen LogP contribution in [0.15, 0.2) is 0 Å². The zero-order valence-electron chi connectivity index (χ0n) is 10.3. The van der Waals surface area contributed by atoms with Crippen molar-refractivity contribution in [3.05, 3.63) is 0 Å². The van der Waals surface area contributed by atoms with E-state index in [0.717, 1.165) is 19.5 Å². The highest BCUT2D eigenvalue weighted by Gasteiger charge is 2.27. The van der Waals surface area contributed by atoms with Gasteiger partial charge < -0.3 is 15.2 Å². The fourth-order valence-corrected chi connectivity index (χ4v) is 1.81. The molecule has 0 bridgehead atoms. The van der Waals surface area contributed by atoms with E-state index in [0.29, 0.717) is 19.1 Å². The summed E-state index contributed by atoms with van der Waals surface area (Å²) < 4.78 is 5.45. The van der Waals surface area contributed by atoms with Crippen LogP contribution in [0.5, 0.6) is 0 Å². The molecule has 4 nitrogen and oxygen atoms in total. The predicted octanol–water partition coefficient (Wildman–Crippen LogP) is 1.50. The first-order valence-corrected chi connectivity index (χ1v) is 6.04. The van der Waals surface area contributed by atoms with Gasteiger partial charge in [-0.05, 0) is 52.1 Å².